The first-order chi connectivity index (χ1) is 14.3. The predicted molar refractivity (Wildman–Crippen MR) is 107 cm³/mol. The number of carboxylic acid groups (broad SMARTS) is 2. The van der Waals surface area contributed by atoms with Crippen LogP contribution in [0.25, 0.3) is 0 Å². The molecule has 0 radical (unpaired) electrons. The van der Waals surface area contributed by atoms with E-state index in [-0.39, 0.29) is 6.54 Å². The van der Waals surface area contributed by atoms with E-state index in [1.165, 1.54) is 29.4 Å². The van der Waals surface area contributed by atoms with E-state index in [1.807, 2.05) is 6.92 Å². The van der Waals surface area contributed by atoms with Gasteiger partial charge in [0.25, 0.3) is 0 Å². The highest BCUT2D eigenvalue weighted by Crippen LogP contribution is 2.30. The van der Waals surface area contributed by atoms with Gasteiger partial charge in [0.15, 0.2) is 10.4 Å². The van der Waals surface area contributed by atoms with Crippen molar-refractivity contribution in [1.82, 2.24) is 41.0 Å². The molecule has 0 saturated heterocycles. The maximum absolute atomic E-state index is 12.1. The van der Waals surface area contributed by atoms with Crippen molar-refractivity contribution >= 4 is 52.7 Å². The third-order valence-corrected chi connectivity index (χ3v) is 6.95. The summed E-state index contributed by atoms with van der Waals surface area (Å²) in [4.78, 5) is 35.6. The normalized spacial score (nSPS) is 19.7. The summed E-state index contributed by atoms with van der Waals surface area (Å²) < 4.78 is 1.85. The molecular weight excluding hydrogens is 456 g/mol. The number of thioether (sulfide) groups is 2. The van der Waals surface area contributed by atoms with Crippen LogP contribution in [0.5, 0.6) is 0 Å². The molecule has 160 valence electrons. The van der Waals surface area contributed by atoms with Gasteiger partial charge in [0, 0.05) is 5.75 Å². The summed E-state index contributed by atoms with van der Waals surface area (Å²) in [6.07, 6.45) is 1.22. The molecule has 0 aromatic carbocycles. The van der Waals surface area contributed by atoms with Gasteiger partial charge in [0.2, 0.25) is 5.91 Å². The fourth-order valence-corrected chi connectivity index (χ4v) is 5.46. The Balaban J connectivity index is 1.66. The molecule has 4 N–H and O–H groups in total. The molecule has 0 spiro atoms. The number of rotatable bonds is 9. The SMILES string of the molecule is Cc1nnc(SCC2=CS[C@H]([C@H](NC(=O)Cn3cnnn3)C(=O)O)NC2C(=O)O)s1. The number of hydrogen-bond donors (Lipinski definition) is 4. The molecule has 1 aliphatic heterocycles. The molecule has 0 saturated carbocycles. The van der Waals surface area contributed by atoms with Crippen LogP contribution in [-0.4, -0.2) is 81.7 Å². The Morgan fingerprint density at radius 3 is 2.77 bits per heavy atom. The van der Waals surface area contributed by atoms with Crippen molar-refractivity contribution in [1.29, 1.82) is 0 Å². The maximum atomic E-state index is 12.1. The minimum Gasteiger partial charge on any atom is -0.480 e. The number of aromatic nitrogens is 6. The lowest BCUT2D eigenvalue weighted by Crippen LogP contribution is -2.58. The zero-order valence-electron chi connectivity index (χ0n) is 15.3. The minimum atomic E-state index is -1.36. The van der Waals surface area contributed by atoms with E-state index in [4.69, 9.17) is 0 Å². The number of carbonyl (C=O) groups is 3. The number of carbonyl (C=O) groups excluding carboxylic acids is 1. The van der Waals surface area contributed by atoms with Crippen LogP contribution in [-0.2, 0) is 20.9 Å². The summed E-state index contributed by atoms with van der Waals surface area (Å²) in [5, 5.41) is 44.1. The Bertz CT molecular complexity index is 949. The monoisotopic (exact) mass is 472 g/mol. The van der Waals surface area contributed by atoms with E-state index in [0.29, 0.717) is 15.7 Å². The van der Waals surface area contributed by atoms with E-state index >= 15 is 0 Å². The summed E-state index contributed by atoms with van der Waals surface area (Å²) in [6.45, 7) is 1.55. The first kappa shape index (κ1) is 22.1. The highest BCUT2D eigenvalue weighted by atomic mass is 32.2. The molecule has 13 nitrogen and oxygen atoms in total. The summed E-state index contributed by atoms with van der Waals surface area (Å²) in [6, 6.07) is -2.46. The Labute approximate surface area is 181 Å². The highest BCUT2D eigenvalue weighted by molar-refractivity contribution is 8.03. The zero-order chi connectivity index (χ0) is 21.7. The van der Waals surface area contributed by atoms with Gasteiger partial charge in [-0.25, -0.2) is 9.48 Å². The summed E-state index contributed by atoms with van der Waals surface area (Å²) in [5.74, 6) is -2.72. The first-order valence-electron chi connectivity index (χ1n) is 8.32. The summed E-state index contributed by atoms with van der Waals surface area (Å²) in [5.41, 5.74) is 0.561. The molecule has 0 fully saturated rings. The van der Waals surface area contributed by atoms with Crippen molar-refractivity contribution in [2.24, 2.45) is 0 Å². The van der Waals surface area contributed by atoms with Gasteiger partial charge in [0.05, 0.1) is 5.37 Å². The second kappa shape index (κ2) is 9.96. The van der Waals surface area contributed by atoms with Gasteiger partial charge in [0.1, 0.15) is 23.9 Å². The van der Waals surface area contributed by atoms with Crippen LogP contribution in [0.2, 0.25) is 0 Å². The Morgan fingerprint density at radius 2 is 2.17 bits per heavy atom. The van der Waals surface area contributed by atoms with E-state index in [2.05, 4.69) is 36.4 Å². The van der Waals surface area contributed by atoms with Crippen molar-refractivity contribution < 1.29 is 24.6 Å². The van der Waals surface area contributed by atoms with E-state index < -0.39 is 35.3 Å². The first-order valence-corrected chi connectivity index (χ1v) is 11.1. The molecule has 2 aromatic heterocycles. The van der Waals surface area contributed by atoms with Gasteiger partial charge in [-0.3, -0.25) is 14.9 Å². The molecule has 3 atom stereocenters. The number of aliphatic carboxylic acids is 2. The molecule has 0 bridgehead atoms. The van der Waals surface area contributed by atoms with Crippen molar-refractivity contribution in [2.45, 2.75) is 35.3 Å². The molecule has 3 heterocycles. The molecule has 1 amide bonds. The lowest BCUT2D eigenvalue weighted by Gasteiger charge is -2.32. The quantitative estimate of drug-likeness (QED) is 0.332. The van der Waals surface area contributed by atoms with Crippen molar-refractivity contribution in [2.75, 3.05) is 5.75 Å². The number of nitrogens with zero attached hydrogens (tertiary/aromatic N) is 6. The number of aryl methyl sites for hydroxylation is 1. The van der Waals surface area contributed by atoms with Gasteiger partial charge in [-0.2, -0.15) is 0 Å². The molecule has 1 aliphatic rings. The smallest absolute Gasteiger partial charge is 0.328 e. The number of tetrazole rings is 1. The molecular formula is C14H16N8O5S3. The van der Waals surface area contributed by atoms with Crippen LogP contribution in [0.1, 0.15) is 5.01 Å². The lowest BCUT2D eigenvalue weighted by molar-refractivity contribution is -0.143. The number of carboxylic acids is 2. The molecule has 3 rings (SSSR count). The molecule has 1 unspecified atom stereocenters. The van der Waals surface area contributed by atoms with E-state index in [9.17, 15) is 24.6 Å². The van der Waals surface area contributed by atoms with Gasteiger partial charge < -0.3 is 15.5 Å². The number of hydrogen-bond acceptors (Lipinski definition) is 12. The van der Waals surface area contributed by atoms with Crippen LogP contribution in [0.4, 0.5) is 0 Å². The van der Waals surface area contributed by atoms with Crippen molar-refractivity contribution in [3.05, 3.63) is 22.3 Å². The summed E-state index contributed by atoms with van der Waals surface area (Å²) in [7, 11) is 0. The van der Waals surface area contributed by atoms with Gasteiger partial charge >= 0.3 is 11.9 Å². The maximum Gasteiger partial charge on any atom is 0.328 e. The second-order valence-electron chi connectivity index (χ2n) is 5.95. The van der Waals surface area contributed by atoms with Crippen LogP contribution in [0, 0.1) is 6.92 Å². The predicted octanol–water partition coefficient (Wildman–Crippen LogP) is -0.806. The highest BCUT2D eigenvalue weighted by Gasteiger charge is 2.37. The van der Waals surface area contributed by atoms with E-state index in [1.54, 1.807) is 5.41 Å². The van der Waals surface area contributed by atoms with Crippen LogP contribution in [0.3, 0.4) is 0 Å². The minimum absolute atomic E-state index is 0.268. The Kier molecular flexibility index (Phi) is 7.35. The van der Waals surface area contributed by atoms with E-state index in [0.717, 1.165) is 21.5 Å². The standard InChI is InChI=1S/C14H16N8O5S3/c1-6-18-19-14(30-6)29-4-7-3-28-11(17-9(7)12(24)25)10(13(26)27)16-8(23)2-22-5-15-20-21-22/h3,5,9-11,17H,2,4H2,1H3,(H,16,23)(H,24,25)(H,26,27)/t9?,10-,11+/m0/s1. The van der Waals surface area contributed by atoms with Gasteiger partial charge in [-0.15, -0.1) is 27.1 Å². The Morgan fingerprint density at radius 1 is 1.37 bits per heavy atom. The fraction of sp³-hybridized carbons (Fsp3) is 0.429. The average Bonchev–Trinajstić information content (AvgIpc) is 3.35. The molecule has 0 aliphatic carbocycles. The molecule has 30 heavy (non-hydrogen) atoms. The van der Waals surface area contributed by atoms with Crippen LogP contribution >= 0.6 is 34.9 Å². The summed E-state index contributed by atoms with van der Waals surface area (Å²) >= 11 is 3.85. The average molecular weight is 473 g/mol. The number of amides is 1. The topological polar surface area (TPSA) is 185 Å². The van der Waals surface area contributed by atoms with Gasteiger partial charge in [-0.05, 0) is 28.3 Å². The third-order valence-electron chi connectivity index (χ3n) is 3.77. The van der Waals surface area contributed by atoms with Crippen LogP contribution in [0.15, 0.2) is 21.6 Å². The number of nitrogens with one attached hydrogen (secondary N) is 2. The fourth-order valence-electron chi connectivity index (χ4n) is 2.43. The lowest BCUT2D eigenvalue weighted by atomic mass is 10.1. The largest absolute Gasteiger partial charge is 0.480 e. The second-order valence-corrected chi connectivity index (χ2v) is 9.37. The third kappa shape index (κ3) is 5.74. The van der Waals surface area contributed by atoms with Crippen molar-refractivity contribution in [3.63, 3.8) is 0 Å². The molecule has 2 aromatic rings. The van der Waals surface area contributed by atoms with Gasteiger partial charge in [-0.1, -0.05) is 23.1 Å². The Hall–Kier alpha value is -2.56. The molecule has 16 heteroatoms. The van der Waals surface area contributed by atoms with Crippen molar-refractivity contribution in [3.8, 4) is 0 Å². The zero-order valence-corrected chi connectivity index (χ0v) is 17.8. The van der Waals surface area contributed by atoms with Crippen LogP contribution < -0.4 is 10.6 Å².